The van der Waals surface area contributed by atoms with E-state index in [1.807, 2.05) is 24.7 Å². The summed E-state index contributed by atoms with van der Waals surface area (Å²) in [6.07, 6.45) is 7.59. The van der Waals surface area contributed by atoms with Crippen molar-refractivity contribution in [3.05, 3.63) is 89.5 Å². The van der Waals surface area contributed by atoms with Gasteiger partial charge in [-0.15, -0.1) is 12.4 Å². The average Bonchev–Trinajstić information content (AvgIpc) is 3.14. The minimum absolute atomic E-state index is 0. The van der Waals surface area contributed by atoms with E-state index < -0.39 is 0 Å². The van der Waals surface area contributed by atoms with Gasteiger partial charge in [0.15, 0.2) is 0 Å². The molecule has 0 bridgehead atoms. The van der Waals surface area contributed by atoms with E-state index >= 15 is 0 Å². The lowest BCUT2D eigenvalue weighted by Gasteiger charge is -2.18. The second-order valence-electron chi connectivity index (χ2n) is 5.86. The molecule has 0 aliphatic carbocycles. The summed E-state index contributed by atoms with van der Waals surface area (Å²) in [5.41, 5.74) is 4.79. The summed E-state index contributed by atoms with van der Waals surface area (Å²) in [7, 11) is 0. The molecule has 0 aliphatic rings. The Kier molecular flexibility index (Phi) is 6.59. The zero-order valence-electron chi connectivity index (χ0n) is 13.8. The molecule has 3 aromatic rings. The van der Waals surface area contributed by atoms with Crippen molar-refractivity contribution >= 4 is 12.4 Å². The van der Waals surface area contributed by atoms with Gasteiger partial charge >= 0.3 is 0 Å². The number of halogens is 1. The van der Waals surface area contributed by atoms with Crippen LogP contribution in [0.1, 0.15) is 35.2 Å². The maximum absolute atomic E-state index is 9.64. The SMILES string of the molecule is CC(c1cc(CCc2ccccc2)ccc1CO)n1ccnc1.Cl. The zero-order chi connectivity index (χ0) is 16.1. The third-order valence-electron chi connectivity index (χ3n) is 4.35. The molecule has 1 N–H and O–H groups in total. The average molecular weight is 343 g/mol. The van der Waals surface area contributed by atoms with Gasteiger partial charge in [-0.1, -0.05) is 48.5 Å². The highest BCUT2D eigenvalue weighted by Gasteiger charge is 2.12. The molecule has 0 fully saturated rings. The van der Waals surface area contributed by atoms with Crippen LogP contribution in [-0.4, -0.2) is 14.7 Å². The molecule has 1 aromatic heterocycles. The second-order valence-corrected chi connectivity index (χ2v) is 5.86. The van der Waals surface area contributed by atoms with Crippen LogP contribution in [0.2, 0.25) is 0 Å². The molecule has 1 atom stereocenters. The van der Waals surface area contributed by atoms with Gasteiger partial charge in [-0.25, -0.2) is 4.98 Å². The molecule has 0 saturated heterocycles. The lowest BCUT2D eigenvalue weighted by Crippen LogP contribution is -2.08. The van der Waals surface area contributed by atoms with E-state index in [1.165, 1.54) is 11.1 Å². The van der Waals surface area contributed by atoms with Crippen molar-refractivity contribution in [2.45, 2.75) is 32.4 Å². The van der Waals surface area contributed by atoms with Gasteiger partial charge in [-0.05, 0) is 42.0 Å². The lowest BCUT2D eigenvalue weighted by atomic mass is 9.96. The van der Waals surface area contributed by atoms with Crippen molar-refractivity contribution in [1.29, 1.82) is 0 Å². The van der Waals surface area contributed by atoms with Crippen LogP contribution in [0.15, 0.2) is 67.3 Å². The van der Waals surface area contributed by atoms with Crippen LogP contribution >= 0.6 is 12.4 Å². The summed E-state index contributed by atoms with van der Waals surface area (Å²) < 4.78 is 2.06. The molecule has 0 spiro atoms. The lowest BCUT2D eigenvalue weighted by molar-refractivity contribution is 0.279. The van der Waals surface area contributed by atoms with E-state index in [0.717, 1.165) is 24.0 Å². The predicted molar refractivity (Wildman–Crippen MR) is 99.5 cm³/mol. The molecule has 24 heavy (non-hydrogen) atoms. The van der Waals surface area contributed by atoms with Crippen molar-refractivity contribution in [2.75, 3.05) is 0 Å². The number of nitrogens with zero attached hydrogens (tertiary/aromatic N) is 2. The zero-order valence-corrected chi connectivity index (χ0v) is 14.6. The standard InChI is InChI=1S/C20H22N2O.ClH/c1-16(22-12-11-21-15-22)20-13-18(9-10-19(20)14-23)8-7-17-5-3-2-4-6-17;/h2-6,9-13,15-16,23H,7-8,14H2,1H3;1H. The van der Waals surface area contributed by atoms with Crippen molar-refractivity contribution in [3.8, 4) is 0 Å². The van der Waals surface area contributed by atoms with Gasteiger partial charge in [-0.3, -0.25) is 0 Å². The fraction of sp³-hybridized carbons (Fsp3) is 0.250. The Morgan fingerprint density at radius 1 is 1.04 bits per heavy atom. The first-order chi connectivity index (χ1) is 11.3. The van der Waals surface area contributed by atoms with Crippen molar-refractivity contribution < 1.29 is 5.11 Å². The normalized spacial score (nSPS) is 11.8. The number of hydrogen-bond donors (Lipinski definition) is 1. The molecular formula is C20H23ClN2O. The topological polar surface area (TPSA) is 38.0 Å². The Labute approximate surface area is 149 Å². The smallest absolute Gasteiger partial charge is 0.0951 e. The molecule has 0 aliphatic heterocycles. The first kappa shape index (κ1) is 18.2. The van der Waals surface area contributed by atoms with Crippen LogP contribution in [0.3, 0.4) is 0 Å². The van der Waals surface area contributed by atoms with Crippen molar-refractivity contribution in [3.63, 3.8) is 0 Å². The van der Waals surface area contributed by atoms with E-state index in [2.05, 4.69) is 52.9 Å². The number of aryl methyl sites for hydroxylation is 2. The van der Waals surface area contributed by atoms with Gasteiger partial charge in [-0.2, -0.15) is 0 Å². The van der Waals surface area contributed by atoms with Crippen LogP contribution in [0, 0.1) is 0 Å². The Bertz CT molecular complexity index is 742. The molecule has 1 heterocycles. The second kappa shape index (κ2) is 8.67. The van der Waals surface area contributed by atoms with E-state index in [-0.39, 0.29) is 25.1 Å². The van der Waals surface area contributed by atoms with Crippen LogP contribution in [-0.2, 0) is 19.4 Å². The third-order valence-corrected chi connectivity index (χ3v) is 4.35. The molecular weight excluding hydrogens is 320 g/mol. The molecule has 4 heteroatoms. The fourth-order valence-electron chi connectivity index (χ4n) is 2.93. The summed E-state index contributed by atoms with van der Waals surface area (Å²) in [6.45, 7) is 2.20. The van der Waals surface area contributed by atoms with E-state index in [1.54, 1.807) is 6.20 Å². The highest BCUT2D eigenvalue weighted by molar-refractivity contribution is 5.85. The highest BCUT2D eigenvalue weighted by atomic mass is 35.5. The maximum Gasteiger partial charge on any atom is 0.0951 e. The summed E-state index contributed by atoms with van der Waals surface area (Å²) in [4.78, 5) is 4.12. The van der Waals surface area contributed by atoms with E-state index in [4.69, 9.17) is 0 Å². The molecule has 0 amide bonds. The number of benzene rings is 2. The minimum Gasteiger partial charge on any atom is -0.392 e. The van der Waals surface area contributed by atoms with Crippen molar-refractivity contribution in [2.24, 2.45) is 0 Å². The highest BCUT2D eigenvalue weighted by Crippen LogP contribution is 2.24. The first-order valence-electron chi connectivity index (χ1n) is 8.02. The largest absolute Gasteiger partial charge is 0.392 e. The van der Waals surface area contributed by atoms with Crippen molar-refractivity contribution in [1.82, 2.24) is 9.55 Å². The maximum atomic E-state index is 9.64. The summed E-state index contributed by atoms with van der Waals surface area (Å²) >= 11 is 0. The predicted octanol–water partition coefficient (Wildman–Crippen LogP) is 4.19. The Morgan fingerprint density at radius 3 is 2.46 bits per heavy atom. The molecule has 1 unspecified atom stereocenters. The van der Waals surface area contributed by atoms with Gasteiger partial charge in [0.2, 0.25) is 0 Å². The Balaban J connectivity index is 0.00000208. The summed E-state index contributed by atoms with van der Waals surface area (Å²) in [5.74, 6) is 0. The molecule has 3 nitrogen and oxygen atoms in total. The Hall–Kier alpha value is -2.10. The fourth-order valence-corrected chi connectivity index (χ4v) is 2.93. The number of aliphatic hydroxyl groups excluding tert-OH is 1. The van der Waals surface area contributed by atoms with Crippen LogP contribution in [0.25, 0.3) is 0 Å². The van der Waals surface area contributed by atoms with Gasteiger partial charge in [0.1, 0.15) is 0 Å². The summed E-state index contributed by atoms with van der Waals surface area (Å²) in [6, 6.07) is 17.1. The Morgan fingerprint density at radius 2 is 1.79 bits per heavy atom. The van der Waals surface area contributed by atoms with Gasteiger partial charge in [0.25, 0.3) is 0 Å². The first-order valence-corrected chi connectivity index (χ1v) is 8.02. The molecule has 2 aromatic carbocycles. The van der Waals surface area contributed by atoms with Crippen LogP contribution in [0.4, 0.5) is 0 Å². The van der Waals surface area contributed by atoms with Gasteiger partial charge in [0, 0.05) is 12.4 Å². The van der Waals surface area contributed by atoms with Crippen LogP contribution in [0.5, 0.6) is 0 Å². The quantitative estimate of drug-likeness (QED) is 0.729. The van der Waals surface area contributed by atoms with E-state index in [0.29, 0.717) is 0 Å². The number of hydrogen-bond acceptors (Lipinski definition) is 2. The van der Waals surface area contributed by atoms with Gasteiger partial charge in [0.05, 0.1) is 19.0 Å². The molecule has 0 radical (unpaired) electrons. The molecule has 126 valence electrons. The van der Waals surface area contributed by atoms with Gasteiger partial charge < -0.3 is 9.67 Å². The number of aromatic nitrogens is 2. The van der Waals surface area contributed by atoms with E-state index in [9.17, 15) is 5.11 Å². The monoisotopic (exact) mass is 342 g/mol. The number of imidazole rings is 1. The number of aliphatic hydroxyl groups is 1. The van der Waals surface area contributed by atoms with Crippen LogP contribution < -0.4 is 0 Å². The number of rotatable bonds is 6. The molecule has 0 saturated carbocycles. The summed E-state index contributed by atoms with van der Waals surface area (Å²) in [5, 5.41) is 9.64. The molecule has 3 rings (SSSR count). The minimum atomic E-state index is 0. The third kappa shape index (κ3) is 4.25.